The zero-order valence-electron chi connectivity index (χ0n) is 14.5. The maximum atomic E-state index is 12.8. The number of amides is 1. The fraction of sp³-hybridized carbons (Fsp3) is 0.556. The van der Waals surface area contributed by atoms with Gasteiger partial charge < -0.3 is 14.7 Å². The fourth-order valence-corrected chi connectivity index (χ4v) is 2.34. The number of carboxylic acid groups (broad SMARTS) is 1. The molecule has 1 rings (SSSR count). The van der Waals surface area contributed by atoms with Crippen LogP contribution in [0, 0.1) is 19.8 Å². The minimum atomic E-state index is -0.895. The molecule has 1 atom stereocenters. The molecule has 0 saturated heterocycles. The molecule has 1 amide bonds. The molecule has 1 aromatic carbocycles. The minimum Gasteiger partial charge on any atom is -0.481 e. The van der Waals surface area contributed by atoms with E-state index < -0.39 is 11.9 Å². The number of benzene rings is 1. The van der Waals surface area contributed by atoms with Crippen LogP contribution in [0.4, 0.5) is 0 Å². The molecular formula is C18H27NO4. The highest BCUT2D eigenvalue weighted by Crippen LogP contribution is 2.16. The van der Waals surface area contributed by atoms with Crippen LogP contribution in [0.15, 0.2) is 18.2 Å². The molecule has 128 valence electrons. The van der Waals surface area contributed by atoms with Crippen LogP contribution in [0.1, 0.15) is 41.8 Å². The zero-order valence-corrected chi connectivity index (χ0v) is 14.5. The van der Waals surface area contributed by atoms with Crippen molar-refractivity contribution < 1.29 is 19.4 Å². The molecule has 0 heterocycles. The van der Waals surface area contributed by atoms with Gasteiger partial charge in [-0.25, -0.2) is 0 Å². The average Bonchev–Trinajstić information content (AvgIpc) is 2.52. The monoisotopic (exact) mass is 321 g/mol. The molecule has 0 fully saturated rings. The van der Waals surface area contributed by atoms with E-state index in [9.17, 15) is 9.59 Å². The molecule has 1 N–H and O–H groups in total. The van der Waals surface area contributed by atoms with E-state index in [1.54, 1.807) is 17.9 Å². The fourth-order valence-electron chi connectivity index (χ4n) is 2.34. The Morgan fingerprint density at radius 1 is 1.30 bits per heavy atom. The Labute approximate surface area is 138 Å². The summed E-state index contributed by atoms with van der Waals surface area (Å²) in [7, 11) is 0. The molecule has 0 bridgehead atoms. The Kier molecular flexibility index (Phi) is 7.75. The summed E-state index contributed by atoms with van der Waals surface area (Å²) in [5.41, 5.74) is 2.63. The SMILES string of the molecule is CCOCCCN(CC(C)C(=O)O)C(=O)c1cccc(C)c1C. The molecule has 1 unspecified atom stereocenters. The van der Waals surface area contributed by atoms with Crippen molar-refractivity contribution in [3.8, 4) is 0 Å². The van der Waals surface area contributed by atoms with E-state index in [4.69, 9.17) is 9.84 Å². The highest BCUT2D eigenvalue weighted by Gasteiger charge is 2.22. The van der Waals surface area contributed by atoms with E-state index in [-0.39, 0.29) is 12.5 Å². The molecule has 0 spiro atoms. The van der Waals surface area contributed by atoms with Gasteiger partial charge in [-0.05, 0) is 44.4 Å². The van der Waals surface area contributed by atoms with E-state index in [1.807, 2.05) is 32.9 Å². The smallest absolute Gasteiger partial charge is 0.308 e. The summed E-state index contributed by atoms with van der Waals surface area (Å²) in [4.78, 5) is 25.6. The highest BCUT2D eigenvalue weighted by atomic mass is 16.5. The Morgan fingerprint density at radius 3 is 2.61 bits per heavy atom. The Bertz CT molecular complexity index is 542. The Morgan fingerprint density at radius 2 is 2.00 bits per heavy atom. The summed E-state index contributed by atoms with van der Waals surface area (Å²) in [5.74, 6) is -1.61. The van der Waals surface area contributed by atoms with Crippen molar-refractivity contribution in [3.05, 3.63) is 34.9 Å². The first-order chi connectivity index (χ1) is 10.9. The second-order valence-corrected chi connectivity index (χ2v) is 5.79. The number of carbonyl (C=O) groups is 2. The summed E-state index contributed by atoms with van der Waals surface area (Å²) < 4.78 is 5.31. The first-order valence-electron chi connectivity index (χ1n) is 8.04. The summed E-state index contributed by atoms with van der Waals surface area (Å²) in [6.07, 6.45) is 0.691. The number of aliphatic carboxylic acids is 1. The highest BCUT2D eigenvalue weighted by molar-refractivity contribution is 5.96. The standard InChI is InChI=1S/C18H27NO4/c1-5-23-11-7-10-19(12-14(3)18(21)22)17(20)16-9-6-8-13(2)15(16)4/h6,8-9,14H,5,7,10-12H2,1-4H3,(H,21,22). The maximum Gasteiger partial charge on any atom is 0.308 e. The van der Waals surface area contributed by atoms with Gasteiger partial charge in [-0.3, -0.25) is 9.59 Å². The van der Waals surface area contributed by atoms with Gasteiger partial charge in [-0.2, -0.15) is 0 Å². The third-order valence-electron chi connectivity index (χ3n) is 3.96. The van der Waals surface area contributed by atoms with Gasteiger partial charge in [0.15, 0.2) is 0 Å². The molecule has 0 aliphatic carbocycles. The van der Waals surface area contributed by atoms with E-state index in [2.05, 4.69) is 0 Å². The third-order valence-corrected chi connectivity index (χ3v) is 3.96. The molecule has 5 nitrogen and oxygen atoms in total. The molecule has 0 aliphatic rings. The second-order valence-electron chi connectivity index (χ2n) is 5.79. The van der Waals surface area contributed by atoms with Crippen molar-refractivity contribution in [2.75, 3.05) is 26.3 Å². The lowest BCUT2D eigenvalue weighted by Crippen LogP contribution is -2.38. The molecule has 23 heavy (non-hydrogen) atoms. The van der Waals surface area contributed by atoms with Crippen LogP contribution >= 0.6 is 0 Å². The number of rotatable bonds is 9. The molecule has 0 radical (unpaired) electrons. The molecule has 0 aliphatic heterocycles. The predicted octanol–water partition coefficient (Wildman–Crippen LogP) is 2.89. The van der Waals surface area contributed by atoms with Crippen molar-refractivity contribution in [2.45, 2.75) is 34.1 Å². The van der Waals surface area contributed by atoms with Crippen molar-refractivity contribution in [1.82, 2.24) is 4.90 Å². The number of nitrogens with zero attached hydrogens (tertiary/aromatic N) is 1. The van der Waals surface area contributed by atoms with Crippen LogP contribution in [0.2, 0.25) is 0 Å². The van der Waals surface area contributed by atoms with Crippen molar-refractivity contribution in [1.29, 1.82) is 0 Å². The molecule has 5 heteroatoms. The molecule has 0 saturated carbocycles. The van der Waals surface area contributed by atoms with Gasteiger partial charge in [0.25, 0.3) is 5.91 Å². The van der Waals surface area contributed by atoms with Gasteiger partial charge >= 0.3 is 5.97 Å². The number of hydrogen-bond donors (Lipinski definition) is 1. The van der Waals surface area contributed by atoms with Crippen LogP contribution in [0.25, 0.3) is 0 Å². The lowest BCUT2D eigenvalue weighted by Gasteiger charge is -2.25. The molecule has 1 aromatic rings. The third kappa shape index (κ3) is 5.67. The maximum absolute atomic E-state index is 12.8. The number of ether oxygens (including phenoxy) is 1. The number of hydrogen-bond acceptors (Lipinski definition) is 3. The average molecular weight is 321 g/mol. The van der Waals surface area contributed by atoms with Gasteiger partial charge in [0.2, 0.25) is 0 Å². The summed E-state index contributed by atoms with van der Waals surface area (Å²) in [5, 5.41) is 9.13. The number of carboxylic acids is 1. The summed E-state index contributed by atoms with van der Waals surface area (Å²) in [6.45, 7) is 9.31. The summed E-state index contributed by atoms with van der Waals surface area (Å²) >= 11 is 0. The number of carbonyl (C=O) groups excluding carboxylic acids is 1. The van der Waals surface area contributed by atoms with E-state index in [0.29, 0.717) is 31.7 Å². The first kappa shape index (κ1) is 19.2. The second kappa shape index (κ2) is 9.30. The van der Waals surface area contributed by atoms with Crippen LogP contribution in [0.5, 0.6) is 0 Å². The van der Waals surface area contributed by atoms with Crippen LogP contribution < -0.4 is 0 Å². The van der Waals surface area contributed by atoms with Crippen LogP contribution in [-0.2, 0) is 9.53 Å². The largest absolute Gasteiger partial charge is 0.481 e. The van der Waals surface area contributed by atoms with Crippen molar-refractivity contribution in [2.24, 2.45) is 5.92 Å². The van der Waals surface area contributed by atoms with Crippen molar-refractivity contribution in [3.63, 3.8) is 0 Å². The van der Waals surface area contributed by atoms with Gasteiger partial charge in [-0.1, -0.05) is 19.1 Å². The van der Waals surface area contributed by atoms with E-state index in [1.165, 1.54) is 0 Å². The van der Waals surface area contributed by atoms with Gasteiger partial charge in [0.1, 0.15) is 0 Å². The first-order valence-corrected chi connectivity index (χ1v) is 8.04. The predicted molar refractivity (Wildman–Crippen MR) is 89.7 cm³/mol. The number of aryl methyl sites for hydroxylation is 1. The van der Waals surface area contributed by atoms with Crippen molar-refractivity contribution >= 4 is 11.9 Å². The normalized spacial score (nSPS) is 12.0. The van der Waals surface area contributed by atoms with E-state index in [0.717, 1.165) is 11.1 Å². The minimum absolute atomic E-state index is 0.115. The van der Waals surface area contributed by atoms with Gasteiger partial charge in [0, 0.05) is 31.9 Å². The Balaban J connectivity index is 2.90. The molecular weight excluding hydrogens is 294 g/mol. The topological polar surface area (TPSA) is 66.8 Å². The Hall–Kier alpha value is -1.88. The van der Waals surface area contributed by atoms with E-state index >= 15 is 0 Å². The molecule has 0 aromatic heterocycles. The lowest BCUT2D eigenvalue weighted by atomic mass is 10.0. The van der Waals surface area contributed by atoms with Crippen LogP contribution in [0.3, 0.4) is 0 Å². The quantitative estimate of drug-likeness (QED) is 0.710. The lowest BCUT2D eigenvalue weighted by molar-refractivity contribution is -0.141. The van der Waals surface area contributed by atoms with Crippen LogP contribution in [-0.4, -0.2) is 48.2 Å². The van der Waals surface area contributed by atoms with Gasteiger partial charge in [0.05, 0.1) is 5.92 Å². The summed E-state index contributed by atoms with van der Waals surface area (Å²) in [6, 6.07) is 5.62. The zero-order chi connectivity index (χ0) is 17.4. The van der Waals surface area contributed by atoms with Gasteiger partial charge in [-0.15, -0.1) is 0 Å².